The van der Waals surface area contributed by atoms with Crippen LogP contribution >= 0.6 is 11.8 Å². The number of amidine groups is 1. The maximum Gasteiger partial charge on any atom is 0.273 e. The van der Waals surface area contributed by atoms with Gasteiger partial charge >= 0.3 is 0 Å². The third-order valence-electron chi connectivity index (χ3n) is 5.05. The molecule has 1 saturated heterocycles. The van der Waals surface area contributed by atoms with Crippen LogP contribution in [0.3, 0.4) is 0 Å². The zero-order chi connectivity index (χ0) is 18.8. The zero-order valence-corrected chi connectivity index (χ0v) is 16.5. The van der Waals surface area contributed by atoms with Crippen LogP contribution in [-0.4, -0.2) is 44.5 Å². The second kappa shape index (κ2) is 7.96. The number of nitro benzene ring substituents is 1. The molecule has 7 heteroatoms. The number of nitrogens with zero attached hydrogens (tertiary/aromatic N) is 3. The summed E-state index contributed by atoms with van der Waals surface area (Å²) in [5.41, 5.74) is 2.97. The third-order valence-corrected chi connectivity index (χ3v) is 6.14. The van der Waals surface area contributed by atoms with Gasteiger partial charge < -0.3 is 10.0 Å². The first-order valence-corrected chi connectivity index (χ1v) is 10.3. The van der Waals surface area contributed by atoms with Gasteiger partial charge in [0.05, 0.1) is 22.8 Å². The number of aliphatic hydroxyl groups excluding tert-OH is 1. The number of hydrogen-bond acceptors (Lipinski definition) is 5. The van der Waals surface area contributed by atoms with Crippen LogP contribution in [0, 0.1) is 16.0 Å². The summed E-state index contributed by atoms with van der Waals surface area (Å²) in [6, 6.07) is 3.45. The van der Waals surface area contributed by atoms with Gasteiger partial charge in [0.15, 0.2) is 5.17 Å². The average Bonchev–Trinajstić information content (AvgIpc) is 2.97. The van der Waals surface area contributed by atoms with Crippen molar-refractivity contribution >= 4 is 28.3 Å². The number of hydrogen-bond donors (Lipinski definition) is 1. The lowest BCUT2D eigenvalue weighted by Gasteiger charge is -2.29. The first kappa shape index (κ1) is 19.2. The van der Waals surface area contributed by atoms with Crippen LogP contribution in [0.5, 0.6) is 0 Å². The molecule has 0 amide bonds. The first-order valence-electron chi connectivity index (χ1n) is 9.33. The molecule has 0 bridgehead atoms. The van der Waals surface area contributed by atoms with Gasteiger partial charge in [-0.2, -0.15) is 0 Å². The van der Waals surface area contributed by atoms with Crippen molar-refractivity contribution in [3.8, 4) is 0 Å². The Bertz CT molecular complexity index is 718. The van der Waals surface area contributed by atoms with Gasteiger partial charge in [0, 0.05) is 23.9 Å². The fraction of sp³-hybridized carbons (Fsp3) is 0.632. The molecule has 1 aromatic rings. The minimum Gasteiger partial charge on any atom is -0.391 e. The molecule has 3 rings (SSSR count). The number of fused-ring (bicyclic) bond motifs is 1. The Balaban J connectivity index is 1.99. The molecule has 1 aromatic carbocycles. The number of thioether (sulfide) groups is 1. The van der Waals surface area contributed by atoms with E-state index in [0.717, 1.165) is 60.0 Å². The van der Waals surface area contributed by atoms with Gasteiger partial charge in [0.2, 0.25) is 0 Å². The predicted octanol–water partition coefficient (Wildman–Crippen LogP) is 3.92. The summed E-state index contributed by atoms with van der Waals surface area (Å²) in [5, 5.41) is 22.4. The molecule has 1 aliphatic heterocycles. The van der Waals surface area contributed by atoms with Crippen molar-refractivity contribution in [1.82, 2.24) is 4.90 Å². The molecule has 0 aromatic heterocycles. The number of aliphatic imine (C=N–C) groups is 1. The van der Waals surface area contributed by atoms with Gasteiger partial charge in [-0.25, -0.2) is 4.99 Å². The molecule has 2 atom stereocenters. The van der Waals surface area contributed by atoms with Crippen LogP contribution in [0.4, 0.5) is 11.4 Å². The topological polar surface area (TPSA) is 79.0 Å². The van der Waals surface area contributed by atoms with Gasteiger partial charge in [0.25, 0.3) is 5.69 Å². The van der Waals surface area contributed by atoms with E-state index in [4.69, 9.17) is 4.99 Å². The maximum atomic E-state index is 11.3. The lowest BCUT2D eigenvalue weighted by Crippen LogP contribution is -2.43. The Morgan fingerprint density at radius 3 is 2.62 bits per heavy atom. The number of nitro groups is 1. The molecular weight excluding hydrogens is 350 g/mol. The van der Waals surface area contributed by atoms with E-state index in [9.17, 15) is 15.2 Å². The van der Waals surface area contributed by atoms with Crippen LogP contribution in [0.15, 0.2) is 17.1 Å². The van der Waals surface area contributed by atoms with E-state index in [-0.39, 0.29) is 16.7 Å². The van der Waals surface area contributed by atoms with Crippen molar-refractivity contribution in [3.05, 3.63) is 33.4 Å². The Morgan fingerprint density at radius 2 is 2.00 bits per heavy atom. The summed E-state index contributed by atoms with van der Waals surface area (Å²) in [6.45, 7) is 6.99. The van der Waals surface area contributed by atoms with Crippen LogP contribution < -0.4 is 0 Å². The summed E-state index contributed by atoms with van der Waals surface area (Å²) in [5.74, 6) is 1.28. The van der Waals surface area contributed by atoms with E-state index in [0.29, 0.717) is 5.92 Å². The molecule has 26 heavy (non-hydrogen) atoms. The van der Waals surface area contributed by atoms with Crippen molar-refractivity contribution in [2.24, 2.45) is 10.9 Å². The van der Waals surface area contributed by atoms with Crippen molar-refractivity contribution in [3.63, 3.8) is 0 Å². The Hall–Kier alpha value is -1.60. The summed E-state index contributed by atoms with van der Waals surface area (Å²) in [6.07, 6.45) is 3.22. The van der Waals surface area contributed by atoms with E-state index in [1.807, 2.05) is 6.92 Å². The lowest BCUT2D eigenvalue weighted by molar-refractivity contribution is -0.385. The molecule has 1 fully saturated rings. The number of rotatable bonds is 5. The molecule has 0 unspecified atom stereocenters. The Kier molecular flexibility index (Phi) is 5.87. The highest BCUT2D eigenvalue weighted by atomic mass is 32.2. The van der Waals surface area contributed by atoms with Gasteiger partial charge in [-0.15, -0.1) is 0 Å². The minimum absolute atomic E-state index is 0.0648. The average molecular weight is 378 g/mol. The first-order chi connectivity index (χ1) is 12.4. The van der Waals surface area contributed by atoms with Crippen LogP contribution in [0.25, 0.3) is 0 Å². The summed E-state index contributed by atoms with van der Waals surface area (Å²) in [7, 11) is 0. The highest BCUT2D eigenvalue weighted by Gasteiger charge is 2.34. The molecule has 1 aliphatic carbocycles. The predicted molar refractivity (Wildman–Crippen MR) is 106 cm³/mol. The smallest absolute Gasteiger partial charge is 0.273 e. The highest BCUT2D eigenvalue weighted by molar-refractivity contribution is 8.14. The standard InChI is InChI=1S/C19H27N3O3S/c1-12(2)10-21-18(13(3)23)11-26-19(21)20-16-8-9-17(22(24)25)15-7-5-4-6-14(15)16/h8-9,12-13,18,23H,4-7,10-11H2,1-3H3/b20-19-/t13-,18+/m1/s1. The zero-order valence-electron chi connectivity index (χ0n) is 15.6. The minimum atomic E-state index is -0.417. The van der Waals surface area contributed by atoms with E-state index in [1.165, 1.54) is 0 Å². The van der Waals surface area contributed by atoms with E-state index in [2.05, 4.69) is 18.7 Å². The second-order valence-corrected chi connectivity index (χ2v) is 8.57. The largest absolute Gasteiger partial charge is 0.391 e. The van der Waals surface area contributed by atoms with Gasteiger partial charge in [-0.3, -0.25) is 10.1 Å². The molecule has 0 spiro atoms. The molecule has 0 saturated carbocycles. The van der Waals surface area contributed by atoms with E-state index < -0.39 is 6.10 Å². The summed E-state index contributed by atoms with van der Waals surface area (Å²) in [4.78, 5) is 18.2. The molecule has 2 aliphatic rings. The third kappa shape index (κ3) is 3.88. The van der Waals surface area contributed by atoms with Gasteiger partial charge in [0.1, 0.15) is 0 Å². The van der Waals surface area contributed by atoms with Crippen molar-refractivity contribution in [2.75, 3.05) is 12.3 Å². The van der Waals surface area contributed by atoms with Crippen LogP contribution in [0.2, 0.25) is 0 Å². The maximum absolute atomic E-state index is 11.3. The Labute approximate surface area is 158 Å². The van der Waals surface area contributed by atoms with Crippen LogP contribution in [-0.2, 0) is 12.8 Å². The SMILES string of the molecule is CC(C)CN1/C(=N/c2ccc([N+](=O)[O-])c3c2CCCC3)SC[C@H]1[C@@H](C)O. The fourth-order valence-corrected chi connectivity index (χ4v) is 5.10. The van der Waals surface area contributed by atoms with Gasteiger partial charge in [-0.1, -0.05) is 25.6 Å². The van der Waals surface area contributed by atoms with E-state index >= 15 is 0 Å². The molecule has 1 N–H and O–H groups in total. The van der Waals surface area contributed by atoms with Gasteiger partial charge in [-0.05, 0) is 50.2 Å². The van der Waals surface area contributed by atoms with Crippen LogP contribution in [0.1, 0.15) is 44.7 Å². The molecular formula is C19H27N3O3S. The molecule has 1 heterocycles. The van der Waals surface area contributed by atoms with Crippen molar-refractivity contribution in [2.45, 2.75) is 58.6 Å². The lowest BCUT2D eigenvalue weighted by atomic mass is 9.89. The number of benzene rings is 1. The molecule has 0 radical (unpaired) electrons. The normalized spacial score (nSPS) is 22.7. The van der Waals surface area contributed by atoms with E-state index in [1.54, 1.807) is 23.9 Å². The molecule has 6 nitrogen and oxygen atoms in total. The summed E-state index contributed by atoms with van der Waals surface area (Å²) >= 11 is 1.67. The van der Waals surface area contributed by atoms with Crippen molar-refractivity contribution < 1.29 is 10.0 Å². The number of aliphatic hydroxyl groups is 1. The molecule has 142 valence electrons. The fourth-order valence-electron chi connectivity index (χ4n) is 3.79. The summed E-state index contributed by atoms with van der Waals surface area (Å²) < 4.78 is 0. The highest BCUT2D eigenvalue weighted by Crippen LogP contribution is 2.38. The van der Waals surface area contributed by atoms with Crippen molar-refractivity contribution in [1.29, 1.82) is 0 Å². The monoisotopic (exact) mass is 377 g/mol. The Morgan fingerprint density at radius 1 is 1.31 bits per heavy atom. The quantitative estimate of drug-likeness (QED) is 0.621. The second-order valence-electron chi connectivity index (χ2n) is 7.58.